The quantitative estimate of drug-likeness (QED) is 0.402. The van der Waals surface area contributed by atoms with E-state index in [1.54, 1.807) is 13.2 Å². The van der Waals surface area contributed by atoms with Crippen molar-refractivity contribution in [3.05, 3.63) is 64.1 Å². The number of aryl methyl sites for hydroxylation is 2. The fraction of sp³-hybridized carbons (Fsp3) is 0.174. The normalized spacial score (nSPS) is 11.0. The summed E-state index contributed by atoms with van der Waals surface area (Å²) in [5.41, 5.74) is 4.12. The number of rotatable bonds is 5. The number of hydrogen-bond donors (Lipinski definition) is 1. The summed E-state index contributed by atoms with van der Waals surface area (Å²) in [6.45, 7) is 3.86. The van der Waals surface area contributed by atoms with Crippen molar-refractivity contribution < 1.29 is 18.7 Å². The summed E-state index contributed by atoms with van der Waals surface area (Å²) in [5, 5.41) is 4.79. The van der Waals surface area contributed by atoms with Crippen molar-refractivity contribution in [2.24, 2.45) is 0 Å². The van der Waals surface area contributed by atoms with Crippen molar-refractivity contribution >= 4 is 49.5 Å². The molecule has 4 aromatic rings. The van der Waals surface area contributed by atoms with E-state index in [9.17, 15) is 4.79 Å². The Balaban J connectivity index is 1.55. The number of ether oxygens (including phenoxy) is 2. The topological polar surface area (TPSA) is 60.7 Å². The van der Waals surface area contributed by atoms with Gasteiger partial charge in [0.15, 0.2) is 6.61 Å². The number of carbonyl (C=O) groups is 1. The number of furan rings is 1. The Hall–Kier alpha value is -2.99. The third-order valence-corrected chi connectivity index (χ3v) is 6.00. The van der Waals surface area contributed by atoms with Gasteiger partial charge in [-0.15, -0.1) is 0 Å². The first kappa shape index (κ1) is 19.3. The number of amides is 1. The molecule has 1 N–H and O–H groups in total. The van der Waals surface area contributed by atoms with Crippen LogP contribution in [0.15, 0.2) is 57.4 Å². The Morgan fingerprint density at radius 2 is 1.76 bits per heavy atom. The van der Waals surface area contributed by atoms with Crippen LogP contribution in [0.2, 0.25) is 0 Å². The van der Waals surface area contributed by atoms with Crippen LogP contribution < -0.4 is 14.8 Å². The highest BCUT2D eigenvalue weighted by molar-refractivity contribution is 9.10. The van der Waals surface area contributed by atoms with E-state index in [2.05, 4.69) is 21.2 Å². The minimum atomic E-state index is -0.281. The summed E-state index contributed by atoms with van der Waals surface area (Å²) >= 11 is 3.53. The van der Waals surface area contributed by atoms with Gasteiger partial charge in [-0.05, 0) is 49.2 Å². The van der Waals surface area contributed by atoms with E-state index in [0.717, 1.165) is 32.0 Å². The molecule has 6 heteroatoms. The van der Waals surface area contributed by atoms with Crippen LogP contribution in [-0.4, -0.2) is 19.6 Å². The van der Waals surface area contributed by atoms with Gasteiger partial charge in [-0.25, -0.2) is 0 Å². The van der Waals surface area contributed by atoms with Gasteiger partial charge in [-0.1, -0.05) is 34.1 Å². The summed E-state index contributed by atoms with van der Waals surface area (Å²) in [6.07, 6.45) is 0. The second-order valence-electron chi connectivity index (χ2n) is 6.85. The van der Waals surface area contributed by atoms with Crippen LogP contribution in [0, 0.1) is 13.8 Å². The maximum Gasteiger partial charge on any atom is 0.262 e. The molecule has 0 unspecified atom stereocenters. The summed E-state index contributed by atoms with van der Waals surface area (Å²) in [7, 11) is 1.57. The molecular formula is C23H20BrNO4. The van der Waals surface area contributed by atoms with Gasteiger partial charge in [0.2, 0.25) is 0 Å². The lowest BCUT2D eigenvalue weighted by atomic mass is 10.1. The number of halogens is 1. The molecule has 0 aliphatic carbocycles. The fourth-order valence-electron chi connectivity index (χ4n) is 3.34. The van der Waals surface area contributed by atoms with E-state index in [1.807, 2.05) is 56.3 Å². The minimum absolute atomic E-state index is 0.109. The van der Waals surface area contributed by atoms with Crippen molar-refractivity contribution in [3.8, 4) is 11.5 Å². The average molecular weight is 454 g/mol. The molecule has 0 aliphatic rings. The predicted octanol–water partition coefficient (Wildman–Crippen LogP) is 5.99. The fourth-order valence-corrected chi connectivity index (χ4v) is 3.57. The van der Waals surface area contributed by atoms with Gasteiger partial charge in [-0.2, -0.15) is 0 Å². The van der Waals surface area contributed by atoms with E-state index in [1.165, 1.54) is 0 Å². The van der Waals surface area contributed by atoms with Crippen LogP contribution in [0.5, 0.6) is 11.5 Å². The molecule has 29 heavy (non-hydrogen) atoms. The molecule has 148 valence electrons. The number of para-hydroxylation sites is 1. The lowest BCUT2D eigenvalue weighted by Crippen LogP contribution is -2.20. The molecule has 5 nitrogen and oxygen atoms in total. The van der Waals surface area contributed by atoms with Crippen molar-refractivity contribution in [1.82, 2.24) is 0 Å². The summed E-state index contributed by atoms with van der Waals surface area (Å²) in [4.78, 5) is 12.5. The Labute approximate surface area is 176 Å². The molecule has 0 spiro atoms. The number of hydrogen-bond acceptors (Lipinski definition) is 4. The van der Waals surface area contributed by atoms with Crippen molar-refractivity contribution in [1.29, 1.82) is 0 Å². The largest absolute Gasteiger partial charge is 0.495 e. The Bertz CT molecular complexity index is 1210. The van der Waals surface area contributed by atoms with E-state index < -0.39 is 0 Å². The van der Waals surface area contributed by atoms with E-state index in [-0.39, 0.29) is 12.5 Å². The van der Waals surface area contributed by atoms with E-state index >= 15 is 0 Å². The van der Waals surface area contributed by atoms with Crippen LogP contribution in [0.3, 0.4) is 0 Å². The Kier molecular flexibility index (Phi) is 5.20. The van der Waals surface area contributed by atoms with Gasteiger partial charge in [0.05, 0.1) is 12.8 Å². The zero-order chi connectivity index (χ0) is 20.5. The molecule has 3 aromatic carbocycles. The molecule has 0 saturated heterocycles. The lowest BCUT2D eigenvalue weighted by Gasteiger charge is -2.12. The SMILES string of the molecule is COc1cc2c(cc1NC(=O)COc1cc(C)c(Br)c(C)c1)oc1ccccc12. The van der Waals surface area contributed by atoms with Gasteiger partial charge in [0.25, 0.3) is 5.91 Å². The van der Waals surface area contributed by atoms with Crippen molar-refractivity contribution in [3.63, 3.8) is 0 Å². The monoisotopic (exact) mass is 453 g/mol. The molecule has 1 heterocycles. The van der Waals surface area contributed by atoms with E-state index in [0.29, 0.717) is 22.8 Å². The van der Waals surface area contributed by atoms with Crippen LogP contribution >= 0.6 is 15.9 Å². The van der Waals surface area contributed by atoms with Gasteiger partial charge < -0.3 is 19.2 Å². The molecule has 0 atom stereocenters. The lowest BCUT2D eigenvalue weighted by molar-refractivity contribution is -0.118. The smallest absolute Gasteiger partial charge is 0.262 e. The molecule has 0 fully saturated rings. The highest BCUT2D eigenvalue weighted by Crippen LogP contribution is 2.36. The number of anilines is 1. The van der Waals surface area contributed by atoms with Crippen LogP contribution in [0.25, 0.3) is 21.9 Å². The highest BCUT2D eigenvalue weighted by atomic mass is 79.9. The Morgan fingerprint density at radius 1 is 1.03 bits per heavy atom. The van der Waals surface area contributed by atoms with Crippen LogP contribution in [-0.2, 0) is 4.79 Å². The number of methoxy groups -OCH3 is 1. The van der Waals surface area contributed by atoms with Gasteiger partial charge in [-0.3, -0.25) is 4.79 Å². The van der Waals surface area contributed by atoms with Crippen LogP contribution in [0.1, 0.15) is 11.1 Å². The van der Waals surface area contributed by atoms with Gasteiger partial charge in [0.1, 0.15) is 22.7 Å². The standard InChI is InChI=1S/C23H20BrNO4/c1-13-8-15(9-14(2)23(13)24)28-12-22(26)25-18-11-20-17(10-21(18)27-3)16-6-4-5-7-19(16)29-20/h4-11H,12H2,1-3H3,(H,25,26). The van der Waals surface area contributed by atoms with Gasteiger partial charge in [0, 0.05) is 21.3 Å². The van der Waals surface area contributed by atoms with Crippen LogP contribution in [0.4, 0.5) is 5.69 Å². The third-order valence-electron chi connectivity index (χ3n) is 4.75. The Morgan fingerprint density at radius 3 is 2.48 bits per heavy atom. The summed E-state index contributed by atoms with van der Waals surface area (Å²) in [5.74, 6) is 0.933. The molecule has 0 saturated carbocycles. The maximum atomic E-state index is 12.5. The number of benzene rings is 3. The average Bonchev–Trinajstić information content (AvgIpc) is 3.07. The first-order valence-corrected chi connectivity index (χ1v) is 9.94. The van der Waals surface area contributed by atoms with Gasteiger partial charge >= 0.3 is 0 Å². The predicted molar refractivity (Wildman–Crippen MR) is 118 cm³/mol. The molecule has 0 aliphatic heterocycles. The van der Waals surface area contributed by atoms with Crippen molar-refractivity contribution in [2.45, 2.75) is 13.8 Å². The second-order valence-corrected chi connectivity index (χ2v) is 7.65. The summed E-state index contributed by atoms with van der Waals surface area (Å²) < 4.78 is 18.1. The minimum Gasteiger partial charge on any atom is -0.495 e. The first-order chi connectivity index (χ1) is 14.0. The molecule has 0 bridgehead atoms. The second kappa shape index (κ2) is 7.79. The number of nitrogens with one attached hydrogen (secondary N) is 1. The number of fused-ring (bicyclic) bond motifs is 3. The zero-order valence-corrected chi connectivity index (χ0v) is 17.9. The zero-order valence-electron chi connectivity index (χ0n) is 16.3. The van der Waals surface area contributed by atoms with Crippen molar-refractivity contribution in [2.75, 3.05) is 19.0 Å². The highest BCUT2D eigenvalue weighted by Gasteiger charge is 2.14. The third kappa shape index (κ3) is 3.80. The van der Waals surface area contributed by atoms with E-state index in [4.69, 9.17) is 13.9 Å². The molecule has 1 amide bonds. The molecule has 1 aromatic heterocycles. The number of carbonyl (C=O) groups excluding carboxylic acids is 1. The molecular weight excluding hydrogens is 434 g/mol. The maximum absolute atomic E-state index is 12.5. The molecule has 4 rings (SSSR count). The summed E-state index contributed by atoms with van der Waals surface area (Å²) in [6, 6.07) is 15.2. The molecule has 0 radical (unpaired) electrons. The first-order valence-electron chi connectivity index (χ1n) is 9.15.